The first kappa shape index (κ1) is 18.5. The molecule has 1 unspecified atom stereocenters. The summed E-state index contributed by atoms with van der Waals surface area (Å²) in [6, 6.07) is 16.2. The maximum Gasteiger partial charge on any atom is 0.251 e. The average molecular weight is 352 g/mol. The van der Waals surface area contributed by atoms with Crippen molar-refractivity contribution in [3.8, 4) is 5.75 Å². The van der Waals surface area contributed by atoms with Gasteiger partial charge in [0.2, 0.25) is 0 Å². The third-order valence-electron chi connectivity index (χ3n) is 5.14. The van der Waals surface area contributed by atoms with E-state index >= 15 is 0 Å². The summed E-state index contributed by atoms with van der Waals surface area (Å²) in [6.45, 7) is 4.86. The van der Waals surface area contributed by atoms with Crippen LogP contribution in [0.25, 0.3) is 0 Å². The summed E-state index contributed by atoms with van der Waals surface area (Å²) < 4.78 is 5.38. The number of rotatable bonds is 7. The Bertz CT molecular complexity index is 721. The van der Waals surface area contributed by atoms with E-state index in [0.717, 1.165) is 25.3 Å². The van der Waals surface area contributed by atoms with Crippen LogP contribution in [0.2, 0.25) is 0 Å². The molecule has 0 bridgehead atoms. The van der Waals surface area contributed by atoms with Crippen molar-refractivity contribution in [1.29, 1.82) is 0 Å². The topological polar surface area (TPSA) is 41.6 Å². The van der Waals surface area contributed by atoms with E-state index in [1.807, 2.05) is 36.4 Å². The maximum atomic E-state index is 12.6. The molecule has 1 saturated heterocycles. The van der Waals surface area contributed by atoms with Crippen molar-refractivity contribution < 1.29 is 9.53 Å². The van der Waals surface area contributed by atoms with Gasteiger partial charge in [0.25, 0.3) is 5.91 Å². The molecule has 1 N–H and O–H groups in total. The van der Waals surface area contributed by atoms with Gasteiger partial charge in [-0.3, -0.25) is 9.69 Å². The number of ether oxygens (including phenoxy) is 1. The first-order valence-electron chi connectivity index (χ1n) is 9.46. The van der Waals surface area contributed by atoms with Crippen molar-refractivity contribution in [2.75, 3.05) is 26.7 Å². The van der Waals surface area contributed by atoms with E-state index in [1.54, 1.807) is 7.11 Å². The van der Waals surface area contributed by atoms with E-state index in [-0.39, 0.29) is 11.9 Å². The van der Waals surface area contributed by atoms with Crippen LogP contribution in [0.1, 0.15) is 47.3 Å². The molecule has 2 aromatic carbocycles. The lowest BCUT2D eigenvalue weighted by molar-refractivity contribution is 0.0938. The number of amides is 1. The van der Waals surface area contributed by atoms with Crippen LogP contribution in [0, 0.1) is 0 Å². The maximum absolute atomic E-state index is 12.6. The zero-order valence-corrected chi connectivity index (χ0v) is 15.7. The first-order valence-corrected chi connectivity index (χ1v) is 9.46. The van der Waals surface area contributed by atoms with E-state index in [4.69, 9.17) is 4.74 Å². The van der Waals surface area contributed by atoms with Gasteiger partial charge in [-0.15, -0.1) is 0 Å². The molecule has 138 valence electrons. The van der Waals surface area contributed by atoms with Crippen LogP contribution >= 0.6 is 0 Å². The van der Waals surface area contributed by atoms with Crippen LogP contribution in [0.15, 0.2) is 48.5 Å². The fourth-order valence-electron chi connectivity index (χ4n) is 3.54. The minimum Gasteiger partial charge on any atom is -0.497 e. The molecule has 1 aliphatic rings. The molecule has 0 aromatic heterocycles. The first-order chi connectivity index (χ1) is 12.7. The van der Waals surface area contributed by atoms with Crippen molar-refractivity contribution in [3.63, 3.8) is 0 Å². The Morgan fingerprint density at radius 3 is 2.54 bits per heavy atom. The molecule has 4 heteroatoms. The van der Waals surface area contributed by atoms with Crippen LogP contribution in [-0.4, -0.2) is 37.6 Å². The van der Waals surface area contributed by atoms with Crippen LogP contribution < -0.4 is 10.1 Å². The third kappa shape index (κ3) is 4.44. The lowest BCUT2D eigenvalue weighted by atomic mass is 10.0. The van der Waals surface area contributed by atoms with Crippen LogP contribution in [0.4, 0.5) is 0 Å². The SMILES string of the molecule is CCc1ccc(C(=O)NCC(c2cccc(OC)c2)N2CCCC2)cc1. The van der Waals surface area contributed by atoms with Gasteiger partial charge in [-0.25, -0.2) is 0 Å². The second kappa shape index (κ2) is 8.86. The Balaban J connectivity index is 1.71. The Morgan fingerprint density at radius 1 is 1.15 bits per heavy atom. The van der Waals surface area contributed by atoms with Crippen molar-refractivity contribution in [2.45, 2.75) is 32.2 Å². The zero-order valence-electron chi connectivity index (χ0n) is 15.7. The van der Waals surface area contributed by atoms with E-state index in [9.17, 15) is 4.79 Å². The molecular weight excluding hydrogens is 324 g/mol. The predicted molar refractivity (Wildman–Crippen MR) is 105 cm³/mol. The van der Waals surface area contributed by atoms with Gasteiger partial charge in [0, 0.05) is 12.1 Å². The molecule has 1 amide bonds. The lowest BCUT2D eigenvalue weighted by Crippen LogP contribution is -2.36. The molecule has 1 fully saturated rings. The number of nitrogens with zero attached hydrogens (tertiary/aromatic N) is 1. The largest absolute Gasteiger partial charge is 0.497 e. The van der Waals surface area contributed by atoms with Gasteiger partial charge in [0.1, 0.15) is 5.75 Å². The van der Waals surface area contributed by atoms with Crippen molar-refractivity contribution in [3.05, 3.63) is 65.2 Å². The zero-order chi connectivity index (χ0) is 18.4. The number of hydrogen-bond acceptors (Lipinski definition) is 3. The minimum atomic E-state index is -0.0141. The number of hydrogen-bond donors (Lipinski definition) is 1. The Labute approximate surface area is 156 Å². The van der Waals surface area contributed by atoms with Gasteiger partial charge in [-0.1, -0.05) is 31.2 Å². The summed E-state index contributed by atoms with van der Waals surface area (Å²) in [5.74, 6) is 0.841. The molecule has 26 heavy (non-hydrogen) atoms. The summed E-state index contributed by atoms with van der Waals surface area (Å²) in [5.41, 5.74) is 3.15. The molecule has 3 rings (SSSR count). The molecule has 0 radical (unpaired) electrons. The van der Waals surface area contributed by atoms with Crippen LogP contribution in [0.3, 0.4) is 0 Å². The number of nitrogens with one attached hydrogen (secondary N) is 1. The summed E-state index contributed by atoms with van der Waals surface area (Å²) in [6.07, 6.45) is 3.41. The van der Waals surface area contributed by atoms with Crippen LogP contribution in [0.5, 0.6) is 5.75 Å². The van der Waals surface area contributed by atoms with Gasteiger partial charge in [0.05, 0.1) is 13.2 Å². The van der Waals surface area contributed by atoms with Gasteiger partial charge < -0.3 is 10.1 Å². The summed E-state index contributed by atoms with van der Waals surface area (Å²) in [7, 11) is 1.69. The van der Waals surface area contributed by atoms with Crippen molar-refractivity contribution >= 4 is 5.91 Å². The molecule has 1 aliphatic heterocycles. The minimum absolute atomic E-state index is 0.0141. The second-order valence-electron chi connectivity index (χ2n) is 6.80. The molecule has 1 heterocycles. The van der Waals surface area contributed by atoms with Gasteiger partial charge in [0.15, 0.2) is 0 Å². The van der Waals surface area contributed by atoms with Gasteiger partial charge >= 0.3 is 0 Å². The molecule has 2 aromatic rings. The quantitative estimate of drug-likeness (QED) is 0.823. The van der Waals surface area contributed by atoms with E-state index < -0.39 is 0 Å². The molecule has 0 saturated carbocycles. The highest BCUT2D eigenvalue weighted by Gasteiger charge is 2.24. The standard InChI is InChI=1S/C22H28N2O2/c1-3-17-9-11-18(12-10-17)22(25)23-16-21(24-13-4-5-14-24)19-7-6-8-20(15-19)26-2/h6-12,15,21H,3-5,13-14,16H2,1-2H3,(H,23,25). The van der Waals surface area contributed by atoms with E-state index in [1.165, 1.54) is 24.0 Å². The Morgan fingerprint density at radius 2 is 1.88 bits per heavy atom. The normalized spacial score (nSPS) is 15.6. The Hall–Kier alpha value is -2.33. The van der Waals surface area contributed by atoms with Crippen molar-refractivity contribution in [1.82, 2.24) is 10.2 Å². The Kier molecular flexibility index (Phi) is 6.29. The number of benzene rings is 2. The lowest BCUT2D eigenvalue weighted by Gasteiger charge is -2.28. The summed E-state index contributed by atoms with van der Waals surface area (Å²) >= 11 is 0. The highest BCUT2D eigenvalue weighted by atomic mass is 16.5. The van der Waals surface area contributed by atoms with Crippen molar-refractivity contribution in [2.24, 2.45) is 0 Å². The van der Waals surface area contributed by atoms with E-state index in [2.05, 4.69) is 29.3 Å². The second-order valence-corrected chi connectivity index (χ2v) is 6.80. The average Bonchev–Trinajstić information content (AvgIpc) is 3.22. The monoisotopic (exact) mass is 352 g/mol. The fraction of sp³-hybridized carbons (Fsp3) is 0.409. The molecule has 0 spiro atoms. The number of aryl methyl sites for hydroxylation is 1. The number of carbonyl (C=O) groups is 1. The molecular formula is C22H28N2O2. The van der Waals surface area contributed by atoms with E-state index in [0.29, 0.717) is 12.1 Å². The molecule has 1 atom stereocenters. The summed E-state index contributed by atoms with van der Waals surface area (Å²) in [4.78, 5) is 15.0. The van der Waals surface area contributed by atoms with Crippen LogP contribution in [-0.2, 0) is 6.42 Å². The highest BCUT2D eigenvalue weighted by molar-refractivity contribution is 5.94. The molecule has 4 nitrogen and oxygen atoms in total. The van der Waals surface area contributed by atoms with Gasteiger partial charge in [-0.2, -0.15) is 0 Å². The molecule has 0 aliphatic carbocycles. The van der Waals surface area contributed by atoms with Gasteiger partial charge in [-0.05, 0) is 67.7 Å². The summed E-state index contributed by atoms with van der Waals surface area (Å²) in [5, 5.41) is 3.13. The number of methoxy groups -OCH3 is 1. The highest BCUT2D eigenvalue weighted by Crippen LogP contribution is 2.27. The fourth-order valence-corrected chi connectivity index (χ4v) is 3.54. The number of likely N-dealkylation sites (tertiary alicyclic amines) is 1. The number of carbonyl (C=O) groups excluding carboxylic acids is 1. The predicted octanol–water partition coefficient (Wildman–Crippen LogP) is 3.82. The smallest absolute Gasteiger partial charge is 0.251 e. The third-order valence-corrected chi connectivity index (χ3v) is 5.14.